The summed E-state index contributed by atoms with van der Waals surface area (Å²) < 4.78 is 41.4. The lowest BCUT2D eigenvalue weighted by Crippen LogP contribution is -2.33. The van der Waals surface area contributed by atoms with E-state index in [4.69, 9.17) is 11.6 Å². The first-order valence-electron chi connectivity index (χ1n) is 12.3. The highest BCUT2D eigenvalue weighted by molar-refractivity contribution is 6.30. The Balaban J connectivity index is 1.42. The Hall–Kier alpha value is -3.55. The van der Waals surface area contributed by atoms with Gasteiger partial charge in [-0.3, -0.25) is 4.79 Å². The minimum absolute atomic E-state index is 0.0415. The zero-order valence-corrected chi connectivity index (χ0v) is 21.6. The molecule has 0 saturated heterocycles. The summed E-state index contributed by atoms with van der Waals surface area (Å²) in [6.07, 6.45) is -4.49. The maximum atomic E-state index is 13.3. The Labute approximate surface area is 225 Å². The molecule has 0 aliphatic heterocycles. The van der Waals surface area contributed by atoms with Crippen LogP contribution >= 0.6 is 11.6 Å². The second kappa shape index (κ2) is 12.3. The first-order valence-corrected chi connectivity index (χ1v) is 12.6. The van der Waals surface area contributed by atoms with Gasteiger partial charge >= 0.3 is 6.36 Å². The molecule has 0 bridgehead atoms. The molecule has 0 aromatic heterocycles. The summed E-state index contributed by atoms with van der Waals surface area (Å²) >= 11 is 6.01. The van der Waals surface area contributed by atoms with Crippen LogP contribution in [-0.4, -0.2) is 23.7 Å². The highest BCUT2D eigenvalue weighted by atomic mass is 35.5. The zero-order valence-electron chi connectivity index (χ0n) is 20.8. The molecule has 0 spiro atoms. The van der Waals surface area contributed by atoms with E-state index in [-0.39, 0.29) is 30.7 Å². The second-order valence-electron chi connectivity index (χ2n) is 9.06. The molecule has 1 N–H and O–H groups in total. The number of fused-ring (bicyclic) bond motifs is 1. The molecule has 8 heteroatoms. The van der Waals surface area contributed by atoms with Crippen LogP contribution in [0.15, 0.2) is 91.0 Å². The summed E-state index contributed by atoms with van der Waals surface area (Å²) in [4.78, 5) is 15.0. The van der Waals surface area contributed by atoms with Crippen molar-refractivity contribution < 1.29 is 22.7 Å². The van der Waals surface area contributed by atoms with Crippen molar-refractivity contribution in [3.8, 4) is 5.75 Å². The van der Waals surface area contributed by atoms with Crippen molar-refractivity contribution in [3.63, 3.8) is 0 Å². The first kappa shape index (κ1) is 27.5. The van der Waals surface area contributed by atoms with Crippen molar-refractivity contribution >= 4 is 28.3 Å². The van der Waals surface area contributed by atoms with Gasteiger partial charge in [0.25, 0.3) is 0 Å². The monoisotopic (exact) mass is 540 g/mol. The fourth-order valence-corrected chi connectivity index (χ4v) is 4.48. The summed E-state index contributed by atoms with van der Waals surface area (Å²) in [5.41, 5.74) is 2.76. The summed E-state index contributed by atoms with van der Waals surface area (Å²) in [5, 5.41) is 6.38. The van der Waals surface area contributed by atoms with Gasteiger partial charge in [0, 0.05) is 37.1 Å². The standard InChI is InChI=1S/C30H28ClF3N2O2/c1-21(27-8-4-6-24-5-2-3-7-28(24)27)35-18-17-29(37)36(19-22-9-13-25(31)14-10-22)20-23-11-15-26(16-12-23)38-30(32,33)34/h2-16,21,35H,17-20H2,1H3. The van der Waals surface area contributed by atoms with Crippen LogP contribution < -0.4 is 10.1 Å². The number of halogens is 4. The molecule has 0 aliphatic rings. The Kier molecular flexibility index (Phi) is 8.92. The quantitative estimate of drug-likeness (QED) is 0.224. The van der Waals surface area contributed by atoms with Crippen molar-refractivity contribution in [1.29, 1.82) is 0 Å². The third kappa shape index (κ3) is 7.73. The van der Waals surface area contributed by atoms with Gasteiger partial charge in [0.1, 0.15) is 5.75 Å². The van der Waals surface area contributed by atoms with Crippen LogP contribution in [-0.2, 0) is 17.9 Å². The van der Waals surface area contributed by atoms with E-state index in [1.54, 1.807) is 17.0 Å². The first-order chi connectivity index (χ1) is 18.2. The van der Waals surface area contributed by atoms with Gasteiger partial charge in [-0.2, -0.15) is 0 Å². The molecule has 1 amide bonds. The van der Waals surface area contributed by atoms with Gasteiger partial charge in [-0.25, -0.2) is 0 Å². The lowest BCUT2D eigenvalue weighted by atomic mass is 9.99. The van der Waals surface area contributed by atoms with E-state index in [2.05, 4.69) is 41.2 Å². The number of alkyl halides is 3. The van der Waals surface area contributed by atoms with Gasteiger partial charge in [-0.15, -0.1) is 13.2 Å². The maximum absolute atomic E-state index is 13.3. The summed E-state index contributed by atoms with van der Waals surface area (Å²) in [5.74, 6) is -0.378. The minimum Gasteiger partial charge on any atom is -0.406 e. The largest absolute Gasteiger partial charge is 0.573 e. The number of nitrogens with zero attached hydrogens (tertiary/aromatic N) is 1. The Bertz CT molecular complexity index is 1350. The van der Waals surface area contributed by atoms with Crippen molar-refractivity contribution in [1.82, 2.24) is 10.2 Å². The number of carbonyl (C=O) groups is 1. The van der Waals surface area contributed by atoms with Gasteiger partial charge in [-0.1, -0.05) is 78.3 Å². The van der Waals surface area contributed by atoms with Gasteiger partial charge in [0.2, 0.25) is 5.91 Å². The third-order valence-corrected chi connectivity index (χ3v) is 6.50. The number of rotatable bonds is 10. The molecule has 38 heavy (non-hydrogen) atoms. The fraction of sp³-hybridized carbons (Fsp3) is 0.233. The maximum Gasteiger partial charge on any atom is 0.573 e. The van der Waals surface area contributed by atoms with Crippen LogP contribution in [0.5, 0.6) is 5.75 Å². The number of ether oxygens (including phenoxy) is 1. The second-order valence-corrected chi connectivity index (χ2v) is 9.50. The topological polar surface area (TPSA) is 41.6 Å². The van der Waals surface area contributed by atoms with Crippen LogP contribution in [0.25, 0.3) is 10.8 Å². The van der Waals surface area contributed by atoms with Crippen molar-refractivity contribution in [2.24, 2.45) is 0 Å². The van der Waals surface area contributed by atoms with Crippen LogP contribution in [0, 0.1) is 0 Å². The van der Waals surface area contributed by atoms with Crippen LogP contribution in [0.3, 0.4) is 0 Å². The average molecular weight is 541 g/mol. The normalized spacial score (nSPS) is 12.3. The highest BCUT2D eigenvalue weighted by Gasteiger charge is 2.31. The molecule has 1 unspecified atom stereocenters. The van der Waals surface area contributed by atoms with Crippen molar-refractivity contribution in [3.05, 3.63) is 113 Å². The zero-order chi connectivity index (χ0) is 27.1. The molecular formula is C30H28ClF3N2O2. The van der Waals surface area contributed by atoms with E-state index in [0.29, 0.717) is 23.7 Å². The highest BCUT2D eigenvalue weighted by Crippen LogP contribution is 2.25. The Morgan fingerprint density at radius 2 is 1.50 bits per heavy atom. The number of hydrogen-bond donors (Lipinski definition) is 1. The molecule has 0 aliphatic carbocycles. The molecule has 4 nitrogen and oxygen atoms in total. The fourth-order valence-electron chi connectivity index (χ4n) is 4.35. The molecule has 4 aromatic carbocycles. The number of nitrogens with one attached hydrogen (secondary N) is 1. The summed E-state index contributed by atoms with van der Waals surface area (Å²) in [6.45, 7) is 3.13. The average Bonchev–Trinajstić information content (AvgIpc) is 2.89. The molecule has 0 radical (unpaired) electrons. The van der Waals surface area contributed by atoms with Crippen LogP contribution in [0.2, 0.25) is 5.02 Å². The Morgan fingerprint density at radius 1 is 0.895 bits per heavy atom. The molecular weight excluding hydrogens is 513 g/mol. The van der Waals surface area contributed by atoms with Gasteiger partial charge in [-0.05, 0) is 58.7 Å². The number of amides is 1. The van der Waals surface area contributed by atoms with Crippen molar-refractivity contribution in [2.45, 2.75) is 38.8 Å². The molecule has 0 saturated carbocycles. The van der Waals surface area contributed by atoms with Crippen LogP contribution in [0.4, 0.5) is 13.2 Å². The van der Waals surface area contributed by atoms with Gasteiger partial charge in [0.05, 0.1) is 0 Å². The third-order valence-electron chi connectivity index (χ3n) is 6.25. The van der Waals surface area contributed by atoms with E-state index in [1.807, 2.05) is 30.3 Å². The number of hydrogen-bond acceptors (Lipinski definition) is 3. The Morgan fingerprint density at radius 3 is 2.16 bits per heavy atom. The van der Waals surface area contributed by atoms with E-state index < -0.39 is 6.36 Å². The molecule has 4 rings (SSSR count). The predicted octanol–water partition coefficient (Wildman–Crippen LogP) is 7.66. The van der Waals surface area contributed by atoms with Gasteiger partial charge in [0.15, 0.2) is 0 Å². The molecule has 0 fully saturated rings. The summed E-state index contributed by atoms with van der Waals surface area (Å²) in [6, 6.07) is 27.2. The van der Waals surface area contributed by atoms with E-state index in [9.17, 15) is 18.0 Å². The smallest absolute Gasteiger partial charge is 0.406 e. The number of carbonyl (C=O) groups excluding carboxylic acids is 1. The SMILES string of the molecule is CC(NCCC(=O)N(Cc1ccc(Cl)cc1)Cc1ccc(OC(F)(F)F)cc1)c1cccc2ccccc12. The molecule has 198 valence electrons. The van der Waals surface area contributed by atoms with Crippen LogP contribution in [0.1, 0.15) is 36.1 Å². The van der Waals surface area contributed by atoms with E-state index in [1.165, 1.54) is 29.7 Å². The lowest BCUT2D eigenvalue weighted by Gasteiger charge is -2.24. The minimum atomic E-state index is -4.76. The van der Waals surface area contributed by atoms with E-state index in [0.717, 1.165) is 16.5 Å². The molecule has 0 heterocycles. The molecule has 1 atom stereocenters. The van der Waals surface area contributed by atoms with E-state index >= 15 is 0 Å². The predicted molar refractivity (Wildman–Crippen MR) is 144 cm³/mol. The number of benzene rings is 4. The lowest BCUT2D eigenvalue weighted by molar-refractivity contribution is -0.274. The molecule has 4 aromatic rings. The van der Waals surface area contributed by atoms with Crippen molar-refractivity contribution in [2.75, 3.05) is 6.54 Å². The van der Waals surface area contributed by atoms with Gasteiger partial charge < -0.3 is 15.0 Å². The summed E-state index contributed by atoms with van der Waals surface area (Å²) in [7, 11) is 0.